The number of rotatable bonds is 5. The van der Waals surface area contributed by atoms with E-state index in [1.165, 1.54) is 11.8 Å². The number of carboxylic acid groups (broad SMARTS) is 1. The lowest BCUT2D eigenvalue weighted by atomic mass is 9.77. The summed E-state index contributed by atoms with van der Waals surface area (Å²) in [6.07, 6.45) is 0.386. The number of carbonyl (C=O) groups excluding carboxylic acids is 1. The number of carboxylic acids is 1. The van der Waals surface area contributed by atoms with Crippen molar-refractivity contribution in [3.8, 4) is 11.5 Å². The molecule has 1 aromatic carbocycles. The fourth-order valence-corrected chi connectivity index (χ4v) is 3.68. The van der Waals surface area contributed by atoms with E-state index >= 15 is 0 Å². The van der Waals surface area contributed by atoms with E-state index in [2.05, 4.69) is 0 Å². The number of hydrogen-bond donors (Lipinski definition) is 4. The van der Waals surface area contributed by atoms with E-state index in [-0.39, 0.29) is 53.9 Å². The maximum Gasteiger partial charge on any atom is 0.526 e. The van der Waals surface area contributed by atoms with E-state index in [1.54, 1.807) is 12.1 Å². The molecule has 1 aliphatic carbocycles. The molecule has 0 aromatic heterocycles. The number of benzene rings is 1. The van der Waals surface area contributed by atoms with Crippen LogP contribution >= 0.6 is 0 Å². The Morgan fingerprint density at radius 2 is 2.15 bits per heavy atom. The molecule has 2 aliphatic heterocycles. The zero-order valence-electron chi connectivity index (χ0n) is 14.8. The van der Waals surface area contributed by atoms with Crippen molar-refractivity contribution in [2.45, 2.75) is 36.7 Å². The van der Waals surface area contributed by atoms with Crippen molar-refractivity contribution >= 4 is 19.0 Å². The van der Waals surface area contributed by atoms with Crippen molar-refractivity contribution in [2.75, 3.05) is 19.7 Å². The van der Waals surface area contributed by atoms with Gasteiger partial charge in [-0.05, 0) is 30.9 Å². The highest BCUT2D eigenvalue weighted by Crippen LogP contribution is 2.60. The highest BCUT2D eigenvalue weighted by Gasteiger charge is 2.54. The number of aliphatic hydroxyl groups is 1. The molecule has 2 heterocycles. The third-order valence-corrected chi connectivity index (χ3v) is 5.45. The topological polar surface area (TPSA) is 143 Å². The lowest BCUT2D eigenvalue weighted by Gasteiger charge is -2.42. The third kappa shape index (κ3) is 2.93. The van der Waals surface area contributed by atoms with Gasteiger partial charge in [-0.2, -0.15) is 0 Å². The van der Waals surface area contributed by atoms with Crippen LogP contribution in [0.4, 0.5) is 0 Å². The van der Waals surface area contributed by atoms with Gasteiger partial charge in [0.15, 0.2) is 0 Å². The molecule has 9 nitrogen and oxygen atoms in total. The van der Waals surface area contributed by atoms with Crippen LogP contribution in [0.5, 0.6) is 11.5 Å². The summed E-state index contributed by atoms with van der Waals surface area (Å²) in [6, 6.07) is 3.38. The van der Waals surface area contributed by atoms with E-state index < -0.39 is 25.2 Å². The average molecular weight is 376 g/mol. The fourth-order valence-electron chi connectivity index (χ4n) is 3.68. The van der Waals surface area contributed by atoms with Crippen LogP contribution in [-0.4, -0.2) is 70.5 Å². The minimum atomic E-state index is -1.35. The first-order chi connectivity index (χ1) is 12.7. The Labute approximate surface area is 155 Å². The zero-order chi connectivity index (χ0) is 19.5. The van der Waals surface area contributed by atoms with Crippen LogP contribution < -0.4 is 15.1 Å². The first-order valence-electron chi connectivity index (χ1n) is 8.83. The number of likely N-dealkylation sites (tertiary alicyclic amines) is 1. The maximum absolute atomic E-state index is 12.2. The fraction of sp³-hybridized carbons (Fsp3) is 0.529. The molecule has 3 aliphatic rings. The molecule has 0 radical (unpaired) electrons. The van der Waals surface area contributed by atoms with Gasteiger partial charge in [0, 0.05) is 5.82 Å². The Morgan fingerprint density at radius 3 is 2.78 bits per heavy atom. The second kappa shape index (κ2) is 6.11. The molecule has 27 heavy (non-hydrogen) atoms. The summed E-state index contributed by atoms with van der Waals surface area (Å²) in [4.78, 5) is 25.4. The summed E-state index contributed by atoms with van der Waals surface area (Å²) >= 11 is 0. The summed E-state index contributed by atoms with van der Waals surface area (Å²) in [5, 5.41) is 28.8. The lowest BCUT2D eigenvalue weighted by molar-refractivity contribution is -0.146. The standard InChI is InChI=1S/C17H21BN2O7/c1-17(19,7-21)16(24)20-5-8(6-20)26-12-3-2-9-10-4-11(10)18(25)27-14(9)13(12)15(22)23/h2-3,8,10-11,21,25H,4-7,19H2,1H3,(H,22,23)/t10-,11-,17+/m1/s1. The lowest BCUT2D eigenvalue weighted by Crippen LogP contribution is -2.64. The molecular weight excluding hydrogens is 355 g/mol. The maximum atomic E-state index is 12.2. The number of aromatic carboxylic acids is 1. The second-order valence-corrected chi connectivity index (χ2v) is 7.70. The largest absolute Gasteiger partial charge is 0.535 e. The van der Waals surface area contributed by atoms with Gasteiger partial charge in [-0.1, -0.05) is 6.07 Å². The monoisotopic (exact) mass is 376 g/mol. The highest BCUT2D eigenvalue weighted by atomic mass is 16.5. The molecule has 10 heteroatoms. The van der Waals surface area contributed by atoms with Crippen LogP contribution in [0.1, 0.15) is 35.2 Å². The number of nitrogens with zero attached hydrogens (tertiary/aromatic N) is 1. The van der Waals surface area contributed by atoms with E-state index in [0.717, 1.165) is 12.0 Å². The van der Waals surface area contributed by atoms with E-state index in [9.17, 15) is 24.8 Å². The normalized spacial score (nSPS) is 25.5. The Bertz CT molecular complexity index is 809. The predicted molar refractivity (Wildman–Crippen MR) is 93.8 cm³/mol. The van der Waals surface area contributed by atoms with Crippen LogP contribution in [0.2, 0.25) is 5.82 Å². The summed E-state index contributed by atoms with van der Waals surface area (Å²) in [7, 11) is -1.01. The Morgan fingerprint density at radius 1 is 1.44 bits per heavy atom. The minimum absolute atomic E-state index is 0.0224. The summed E-state index contributed by atoms with van der Waals surface area (Å²) in [5.41, 5.74) is 5.05. The Balaban J connectivity index is 1.50. The van der Waals surface area contributed by atoms with Crippen LogP contribution in [-0.2, 0) is 4.79 Å². The van der Waals surface area contributed by atoms with E-state index in [0.29, 0.717) is 0 Å². The Hall–Kier alpha value is -2.30. The highest BCUT2D eigenvalue weighted by molar-refractivity contribution is 6.48. The molecule has 144 valence electrons. The van der Waals surface area contributed by atoms with Crippen LogP contribution in [0, 0.1) is 0 Å². The Kier molecular flexibility index (Phi) is 4.10. The molecule has 5 N–H and O–H groups in total. The molecule has 2 fully saturated rings. The molecule has 0 bridgehead atoms. The molecule has 4 rings (SSSR count). The number of aliphatic hydroxyl groups excluding tert-OH is 1. The van der Waals surface area contributed by atoms with Crippen LogP contribution in [0.25, 0.3) is 0 Å². The number of carbonyl (C=O) groups is 2. The number of nitrogens with two attached hydrogens (primary N) is 1. The SMILES string of the molecule is C[C@](N)(CO)C(=O)N1CC(Oc2ccc3c(c2C(=O)O)OB(O)[C@@H]2C[C@H]32)C1. The molecule has 1 saturated carbocycles. The summed E-state index contributed by atoms with van der Waals surface area (Å²) in [6.45, 7) is 1.47. The molecular formula is C17H21BN2O7. The van der Waals surface area contributed by atoms with Gasteiger partial charge in [-0.15, -0.1) is 0 Å². The molecule has 3 atom stereocenters. The second-order valence-electron chi connectivity index (χ2n) is 7.70. The molecule has 1 amide bonds. The van der Waals surface area contributed by atoms with Crippen LogP contribution in [0.3, 0.4) is 0 Å². The first-order valence-corrected chi connectivity index (χ1v) is 8.83. The van der Waals surface area contributed by atoms with Gasteiger partial charge in [0.05, 0.1) is 19.7 Å². The summed E-state index contributed by atoms with van der Waals surface area (Å²) < 4.78 is 11.2. The van der Waals surface area contributed by atoms with Crippen molar-refractivity contribution < 1.29 is 34.2 Å². The number of fused-ring (bicyclic) bond motifs is 3. The quantitative estimate of drug-likeness (QED) is 0.500. The molecule has 0 unspecified atom stereocenters. The third-order valence-electron chi connectivity index (χ3n) is 5.45. The molecule has 0 spiro atoms. The van der Waals surface area contributed by atoms with Crippen LogP contribution in [0.15, 0.2) is 12.1 Å². The number of hydrogen-bond acceptors (Lipinski definition) is 7. The average Bonchev–Trinajstić information content (AvgIpc) is 3.38. The van der Waals surface area contributed by atoms with Gasteiger partial charge < -0.3 is 35.3 Å². The van der Waals surface area contributed by atoms with Gasteiger partial charge in [-0.3, -0.25) is 4.79 Å². The van der Waals surface area contributed by atoms with Gasteiger partial charge in [0.2, 0.25) is 5.91 Å². The smallest absolute Gasteiger partial charge is 0.526 e. The zero-order valence-corrected chi connectivity index (χ0v) is 14.8. The van der Waals surface area contributed by atoms with Crippen molar-refractivity contribution in [1.82, 2.24) is 4.90 Å². The predicted octanol–water partition coefficient (Wildman–Crippen LogP) is -0.585. The first kappa shape index (κ1) is 18.1. The van der Waals surface area contributed by atoms with E-state index in [1.807, 2.05) is 0 Å². The number of amides is 1. The molecule has 1 saturated heterocycles. The van der Waals surface area contributed by atoms with Crippen molar-refractivity contribution in [1.29, 1.82) is 0 Å². The summed E-state index contributed by atoms with van der Waals surface area (Å²) in [5.74, 6) is -1.14. The van der Waals surface area contributed by atoms with Gasteiger partial charge in [0.1, 0.15) is 28.7 Å². The van der Waals surface area contributed by atoms with Gasteiger partial charge in [-0.25, -0.2) is 4.79 Å². The van der Waals surface area contributed by atoms with Gasteiger partial charge >= 0.3 is 13.1 Å². The van der Waals surface area contributed by atoms with Crippen molar-refractivity contribution in [3.63, 3.8) is 0 Å². The van der Waals surface area contributed by atoms with Crippen molar-refractivity contribution in [2.24, 2.45) is 5.73 Å². The van der Waals surface area contributed by atoms with Crippen molar-refractivity contribution in [3.05, 3.63) is 23.3 Å². The van der Waals surface area contributed by atoms with Gasteiger partial charge in [0.25, 0.3) is 0 Å². The molecule has 1 aromatic rings. The minimum Gasteiger partial charge on any atom is -0.535 e. The number of ether oxygens (including phenoxy) is 1. The van der Waals surface area contributed by atoms with E-state index in [4.69, 9.17) is 15.1 Å².